The van der Waals surface area contributed by atoms with E-state index < -0.39 is 9.71 Å². The number of carbonyl (C=O) groups excluding carboxylic acids is 1. The van der Waals surface area contributed by atoms with Crippen molar-refractivity contribution in [2.75, 3.05) is 6.61 Å². The van der Waals surface area contributed by atoms with Crippen molar-refractivity contribution in [1.82, 2.24) is 0 Å². The smallest absolute Gasteiger partial charge is 0.293 e. The minimum Gasteiger partial charge on any atom is -0.465 e. The van der Waals surface area contributed by atoms with Gasteiger partial charge in [0.2, 0.25) is 0 Å². The van der Waals surface area contributed by atoms with Crippen LogP contribution < -0.4 is 0 Å². The molecule has 0 radical (unpaired) electrons. The van der Waals surface area contributed by atoms with E-state index in [2.05, 4.69) is 4.74 Å². The number of ether oxygens (including phenoxy) is 1. The normalized spacial score (nSPS) is 14.4. The SMILES string of the molecule is CC(Cl)C(Cl)(Cl)COC=O. The van der Waals surface area contributed by atoms with Gasteiger partial charge in [0.1, 0.15) is 6.61 Å². The summed E-state index contributed by atoms with van der Waals surface area (Å²) in [4.78, 5) is 9.69. The van der Waals surface area contributed by atoms with Crippen LogP contribution in [0.5, 0.6) is 0 Å². The minimum atomic E-state index is -1.19. The van der Waals surface area contributed by atoms with Gasteiger partial charge in [-0.15, -0.1) is 11.6 Å². The Morgan fingerprint density at radius 1 is 1.70 bits per heavy atom. The lowest BCUT2D eigenvalue weighted by molar-refractivity contribution is -0.128. The van der Waals surface area contributed by atoms with Gasteiger partial charge in [0.15, 0.2) is 4.33 Å². The number of alkyl halides is 3. The molecular weight excluding hydrogens is 198 g/mol. The Morgan fingerprint density at radius 3 is 2.50 bits per heavy atom. The standard InChI is InChI=1S/C5H7Cl3O2/c1-4(6)5(7,8)2-10-3-9/h3-4H,2H2,1H3. The van der Waals surface area contributed by atoms with Crippen molar-refractivity contribution in [3.63, 3.8) is 0 Å². The molecule has 5 heteroatoms. The second-order valence-electron chi connectivity index (χ2n) is 1.78. The van der Waals surface area contributed by atoms with Crippen LogP contribution in [0.3, 0.4) is 0 Å². The van der Waals surface area contributed by atoms with E-state index in [1.165, 1.54) is 0 Å². The van der Waals surface area contributed by atoms with E-state index in [4.69, 9.17) is 34.8 Å². The highest BCUT2D eigenvalue weighted by atomic mass is 35.5. The fourth-order valence-corrected chi connectivity index (χ4v) is 0.449. The summed E-state index contributed by atoms with van der Waals surface area (Å²) in [5, 5.41) is -0.462. The van der Waals surface area contributed by atoms with Crippen LogP contribution in [0.2, 0.25) is 0 Å². The molecule has 0 heterocycles. The number of hydrogen-bond donors (Lipinski definition) is 0. The molecule has 0 saturated carbocycles. The average Bonchev–Trinajstić information content (AvgIpc) is 1.84. The molecule has 0 rings (SSSR count). The Labute approximate surface area is 74.4 Å². The van der Waals surface area contributed by atoms with Gasteiger partial charge in [-0.25, -0.2) is 0 Å². The van der Waals surface area contributed by atoms with Crippen LogP contribution in [0.1, 0.15) is 6.92 Å². The third-order valence-electron chi connectivity index (χ3n) is 0.926. The largest absolute Gasteiger partial charge is 0.465 e. The Hall–Kier alpha value is 0.340. The highest BCUT2D eigenvalue weighted by molar-refractivity contribution is 6.52. The first-order valence-corrected chi connectivity index (χ1v) is 3.77. The van der Waals surface area contributed by atoms with Crippen molar-refractivity contribution >= 4 is 41.3 Å². The first kappa shape index (κ1) is 10.3. The summed E-state index contributed by atoms with van der Waals surface area (Å²) < 4.78 is 3.14. The van der Waals surface area contributed by atoms with Crippen molar-refractivity contribution in [3.8, 4) is 0 Å². The molecule has 0 amide bonds. The number of halogens is 3. The van der Waals surface area contributed by atoms with Gasteiger partial charge in [-0.3, -0.25) is 4.79 Å². The minimum absolute atomic E-state index is 0.0930. The zero-order valence-corrected chi connectivity index (χ0v) is 7.58. The molecule has 10 heavy (non-hydrogen) atoms. The monoisotopic (exact) mass is 204 g/mol. The van der Waals surface area contributed by atoms with Crippen molar-refractivity contribution in [2.24, 2.45) is 0 Å². The van der Waals surface area contributed by atoms with E-state index in [0.29, 0.717) is 0 Å². The second-order valence-corrected chi connectivity index (χ2v) is 3.98. The van der Waals surface area contributed by atoms with E-state index in [9.17, 15) is 4.79 Å². The lowest BCUT2D eigenvalue weighted by Crippen LogP contribution is -2.29. The highest BCUT2D eigenvalue weighted by Gasteiger charge is 2.30. The van der Waals surface area contributed by atoms with Gasteiger partial charge in [0.05, 0.1) is 5.38 Å². The van der Waals surface area contributed by atoms with Gasteiger partial charge in [-0.2, -0.15) is 0 Å². The summed E-state index contributed by atoms with van der Waals surface area (Å²) in [6.45, 7) is 1.80. The van der Waals surface area contributed by atoms with Crippen LogP contribution in [0.25, 0.3) is 0 Å². The summed E-state index contributed by atoms with van der Waals surface area (Å²) >= 11 is 16.7. The van der Waals surface area contributed by atoms with E-state index in [1.807, 2.05) is 0 Å². The number of hydrogen-bond acceptors (Lipinski definition) is 2. The molecular formula is C5H7Cl3O2. The first-order valence-electron chi connectivity index (χ1n) is 2.58. The fourth-order valence-electron chi connectivity index (χ4n) is 0.260. The maximum Gasteiger partial charge on any atom is 0.293 e. The van der Waals surface area contributed by atoms with Crippen molar-refractivity contribution < 1.29 is 9.53 Å². The molecule has 1 unspecified atom stereocenters. The molecule has 0 saturated heterocycles. The average molecular weight is 205 g/mol. The molecule has 0 bridgehead atoms. The lowest BCUT2D eigenvalue weighted by atomic mass is 10.3. The van der Waals surface area contributed by atoms with Crippen molar-refractivity contribution in [1.29, 1.82) is 0 Å². The lowest BCUT2D eigenvalue weighted by Gasteiger charge is -2.19. The van der Waals surface area contributed by atoms with E-state index in [0.717, 1.165) is 0 Å². The summed E-state index contributed by atoms with van der Waals surface area (Å²) in [7, 11) is 0. The Morgan fingerprint density at radius 2 is 2.20 bits per heavy atom. The summed E-state index contributed by atoms with van der Waals surface area (Å²) in [6.07, 6.45) is 0. The third kappa shape index (κ3) is 3.49. The van der Waals surface area contributed by atoms with Crippen LogP contribution >= 0.6 is 34.8 Å². The molecule has 1 atom stereocenters. The Balaban J connectivity index is 3.74. The molecule has 0 N–H and O–H groups in total. The molecule has 0 fully saturated rings. The van der Waals surface area contributed by atoms with Crippen LogP contribution in [-0.4, -0.2) is 22.8 Å². The molecule has 0 aromatic heterocycles. The van der Waals surface area contributed by atoms with Gasteiger partial charge in [-0.1, -0.05) is 23.2 Å². The molecule has 0 aromatic rings. The Kier molecular flexibility index (Phi) is 4.41. The maximum atomic E-state index is 9.69. The topological polar surface area (TPSA) is 26.3 Å². The molecule has 60 valence electrons. The predicted octanol–water partition coefficient (Wildman–Crippen LogP) is 1.96. The van der Waals surface area contributed by atoms with Crippen LogP contribution in [0.15, 0.2) is 0 Å². The second kappa shape index (κ2) is 4.27. The molecule has 0 aliphatic carbocycles. The first-order chi connectivity index (χ1) is 4.50. The van der Waals surface area contributed by atoms with Crippen molar-refractivity contribution in [3.05, 3.63) is 0 Å². The molecule has 0 aliphatic rings. The van der Waals surface area contributed by atoms with E-state index in [-0.39, 0.29) is 13.1 Å². The van der Waals surface area contributed by atoms with Gasteiger partial charge in [0.25, 0.3) is 6.47 Å². The molecule has 0 spiro atoms. The Bertz CT molecular complexity index is 113. The van der Waals surface area contributed by atoms with Crippen LogP contribution in [-0.2, 0) is 9.53 Å². The maximum absolute atomic E-state index is 9.69. The quantitative estimate of drug-likeness (QED) is 0.518. The fraction of sp³-hybridized carbons (Fsp3) is 0.800. The number of rotatable bonds is 4. The van der Waals surface area contributed by atoms with Crippen molar-refractivity contribution in [2.45, 2.75) is 16.6 Å². The summed E-state index contributed by atoms with van der Waals surface area (Å²) in [5.41, 5.74) is 0. The van der Waals surface area contributed by atoms with Gasteiger partial charge >= 0.3 is 0 Å². The zero-order chi connectivity index (χ0) is 8.20. The van der Waals surface area contributed by atoms with Crippen LogP contribution in [0, 0.1) is 0 Å². The summed E-state index contributed by atoms with van der Waals surface area (Å²) in [6, 6.07) is 0. The van der Waals surface area contributed by atoms with E-state index >= 15 is 0 Å². The summed E-state index contributed by atoms with van der Waals surface area (Å²) in [5.74, 6) is 0. The predicted molar refractivity (Wildman–Crippen MR) is 41.8 cm³/mol. The molecule has 0 aromatic carbocycles. The van der Waals surface area contributed by atoms with Crippen LogP contribution in [0.4, 0.5) is 0 Å². The van der Waals surface area contributed by atoms with Gasteiger partial charge in [0, 0.05) is 0 Å². The zero-order valence-electron chi connectivity index (χ0n) is 5.31. The molecule has 2 nitrogen and oxygen atoms in total. The molecule has 0 aliphatic heterocycles. The number of carbonyl (C=O) groups is 1. The third-order valence-corrected chi connectivity index (χ3v) is 2.39. The van der Waals surface area contributed by atoms with Gasteiger partial charge < -0.3 is 4.74 Å². The van der Waals surface area contributed by atoms with E-state index in [1.54, 1.807) is 6.92 Å². The van der Waals surface area contributed by atoms with Gasteiger partial charge in [-0.05, 0) is 6.92 Å². The highest BCUT2D eigenvalue weighted by Crippen LogP contribution is 2.28.